The normalized spacial score (nSPS) is 10.8. The number of para-hydroxylation sites is 2. The van der Waals surface area contributed by atoms with Crippen molar-refractivity contribution in [3.63, 3.8) is 0 Å². The van der Waals surface area contributed by atoms with Crippen LogP contribution in [0, 0.1) is 5.82 Å². The van der Waals surface area contributed by atoms with Gasteiger partial charge in [0.1, 0.15) is 5.82 Å². The van der Waals surface area contributed by atoms with E-state index in [0.717, 1.165) is 17.3 Å². The number of hydrogen-bond acceptors (Lipinski definition) is 2. The number of nitrogens with one attached hydrogen (secondary N) is 1. The van der Waals surface area contributed by atoms with Crippen LogP contribution in [0.5, 0.6) is 0 Å². The highest BCUT2D eigenvalue weighted by atomic mass is 19.1. The highest BCUT2D eigenvalue weighted by Gasteiger charge is 2.09. The molecule has 0 aliphatic heterocycles. The minimum Gasteiger partial charge on any atom is -0.352 e. The molecule has 3 nitrogen and oxygen atoms in total. The van der Waals surface area contributed by atoms with Gasteiger partial charge in [0.15, 0.2) is 0 Å². The van der Waals surface area contributed by atoms with Crippen LogP contribution in [0.1, 0.15) is 13.3 Å². The summed E-state index contributed by atoms with van der Waals surface area (Å²) in [6, 6.07) is 15.6. The molecule has 0 spiro atoms. The van der Waals surface area contributed by atoms with Crippen molar-refractivity contribution in [1.29, 1.82) is 0 Å². The first-order valence-electron chi connectivity index (χ1n) is 7.35. The topological polar surface area (TPSA) is 34.0 Å². The monoisotopic (exact) mass is 296 g/mol. The largest absolute Gasteiger partial charge is 0.352 e. The van der Waals surface area contributed by atoms with Gasteiger partial charge in [0.05, 0.1) is 16.9 Å². The van der Waals surface area contributed by atoms with E-state index in [1.54, 1.807) is 22.8 Å². The first-order chi connectivity index (χ1) is 10.7. The van der Waals surface area contributed by atoms with Crippen LogP contribution in [0.15, 0.2) is 59.4 Å². The van der Waals surface area contributed by atoms with Crippen molar-refractivity contribution in [2.75, 3.05) is 5.32 Å². The van der Waals surface area contributed by atoms with Crippen molar-refractivity contribution >= 4 is 22.3 Å². The molecular formula is C18H17FN2O. The molecule has 112 valence electrons. The third-order valence-corrected chi connectivity index (χ3v) is 3.61. The molecule has 3 rings (SSSR count). The van der Waals surface area contributed by atoms with Gasteiger partial charge in [-0.15, -0.1) is 0 Å². The summed E-state index contributed by atoms with van der Waals surface area (Å²) in [6.07, 6.45) is 0.879. The lowest BCUT2D eigenvalue weighted by Gasteiger charge is -2.14. The van der Waals surface area contributed by atoms with Gasteiger partial charge < -0.3 is 9.88 Å². The zero-order valence-electron chi connectivity index (χ0n) is 12.3. The number of aryl methyl sites for hydroxylation is 1. The predicted octanol–water partition coefficient (Wildman–Crippen LogP) is 4.29. The maximum atomic E-state index is 13.8. The SMILES string of the molecule is CCCn1c(=O)cc(Nc2ccccc2F)c2ccccc21. The number of aromatic nitrogens is 1. The summed E-state index contributed by atoms with van der Waals surface area (Å²) in [7, 11) is 0. The summed E-state index contributed by atoms with van der Waals surface area (Å²) >= 11 is 0. The number of rotatable bonds is 4. The van der Waals surface area contributed by atoms with Gasteiger partial charge in [0.25, 0.3) is 5.56 Å². The van der Waals surface area contributed by atoms with E-state index in [2.05, 4.69) is 5.32 Å². The Hall–Kier alpha value is -2.62. The van der Waals surface area contributed by atoms with Crippen LogP contribution < -0.4 is 10.9 Å². The maximum Gasteiger partial charge on any atom is 0.253 e. The van der Waals surface area contributed by atoms with E-state index in [1.165, 1.54) is 12.1 Å². The summed E-state index contributed by atoms with van der Waals surface area (Å²) < 4.78 is 15.6. The average Bonchev–Trinajstić information content (AvgIpc) is 2.53. The molecule has 0 aliphatic rings. The van der Waals surface area contributed by atoms with Crippen LogP contribution in [0.25, 0.3) is 10.9 Å². The van der Waals surface area contributed by atoms with Gasteiger partial charge in [-0.05, 0) is 24.6 Å². The molecule has 0 unspecified atom stereocenters. The second kappa shape index (κ2) is 6.02. The molecule has 1 N–H and O–H groups in total. The third kappa shape index (κ3) is 2.60. The molecule has 22 heavy (non-hydrogen) atoms. The molecule has 0 amide bonds. The smallest absolute Gasteiger partial charge is 0.253 e. The van der Waals surface area contributed by atoms with Crippen LogP contribution in [0.4, 0.5) is 15.8 Å². The second-order valence-electron chi connectivity index (χ2n) is 5.17. The Kier molecular flexibility index (Phi) is 3.92. The Morgan fingerprint density at radius 3 is 2.55 bits per heavy atom. The van der Waals surface area contributed by atoms with Crippen molar-refractivity contribution in [3.8, 4) is 0 Å². The van der Waals surface area contributed by atoms with Crippen LogP contribution in [0.3, 0.4) is 0 Å². The fourth-order valence-electron chi connectivity index (χ4n) is 2.60. The summed E-state index contributed by atoms with van der Waals surface area (Å²) in [5.74, 6) is -0.343. The molecule has 0 saturated heterocycles. The minimum absolute atomic E-state index is 0.0839. The lowest BCUT2D eigenvalue weighted by molar-refractivity contribution is 0.632. The maximum absolute atomic E-state index is 13.8. The lowest BCUT2D eigenvalue weighted by Crippen LogP contribution is -2.20. The number of anilines is 2. The Balaban J connectivity index is 2.17. The quantitative estimate of drug-likeness (QED) is 0.779. The third-order valence-electron chi connectivity index (χ3n) is 3.61. The molecule has 2 aromatic carbocycles. The molecule has 0 radical (unpaired) electrons. The molecule has 0 atom stereocenters. The molecule has 1 heterocycles. The molecule has 0 fully saturated rings. The van der Waals surface area contributed by atoms with Gasteiger partial charge in [-0.2, -0.15) is 0 Å². The summed E-state index contributed by atoms with van der Waals surface area (Å²) in [5, 5.41) is 3.94. The number of nitrogens with zero attached hydrogens (tertiary/aromatic N) is 1. The summed E-state index contributed by atoms with van der Waals surface area (Å²) in [6.45, 7) is 2.70. The molecule has 1 aromatic heterocycles. The van der Waals surface area contributed by atoms with Crippen molar-refractivity contribution in [1.82, 2.24) is 4.57 Å². The Labute approximate surface area is 128 Å². The Morgan fingerprint density at radius 1 is 1.05 bits per heavy atom. The zero-order chi connectivity index (χ0) is 15.5. The molecular weight excluding hydrogens is 279 g/mol. The van der Waals surface area contributed by atoms with E-state index < -0.39 is 0 Å². The average molecular weight is 296 g/mol. The number of pyridine rings is 1. The number of benzene rings is 2. The van der Waals surface area contributed by atoms with Crippen LogP contribution >= 0.6 is 0 Å². The van der Waals surface area contributed by atoms with E-state index in [-0.39, 0.29) is 11.4 Å². The van der Waals surface area contributed by atoms with Gasteiger partial charge in [-0.25, -0.2) is 4.39 Å². The van der Waals surface area contributed by atoms with Crippen molar-refractivity contribution in [2.45, 2.75) is 19.9 Å². The van der Waals surface area contributed by atoms with E-state index in [9.17, 15) is 9.18 Å². The lowest BCUT2D eigenvalue weighted by atomic mass is 10.1. The highest BCUT2D eigenvalue weighted by Crippen LogP contribution is 2.26. The van der Waals surface area contributed by atoms with Gasteiger partial charge in [-0.1, -0.05) is 37.3 Å². The van der Waals surface area contributed by atoms with E-state index in [1.807, 2.05) is 31.2 Å². The van der Waals surface area contributed by atoms with Crippen molar-refractivity contribution in [3.05, 3.63) is 70.8 Å². The Morgan fingerprint density at radius 2 is 1.77 bits per heavy atom. The van der Waals surface area contributed by atoms with Crippen LogP contribution in [0.2, 0.25) is 0 Å². The molecule has 4 heteroatoms. The van der Waals surface area contributed by atoms with Crippen LogP contribution in [-0.2, 0) is 6.54 Å². The van der Waals surface area contributed by atoms with Gasteiger partial charge >= 0.3 is 0 Å². The highest BCUT2D eigenvalue weighted by molar-refractivity contribution is 5.93. The van der Waals surface area contributed by atoms with Gasteiger partial charge in [0.2, 0.25) is 0 Å². The van der Waals surface area contributed by atoms with E-state index >= 15 is 0 Å². The second-order valence-corrected chi connectivity index (χ2v) is 5.17. The number of fused-ring (bicyclic) bond motifs is 1. The molecule has 0 saturated carbocycles. The number of halogens is 1. The standard InChI is InChI=1S/C18H17FN2O/c1-2-11-21-17-10-6-3-7-13(17)16(12-18(21)22)20-15-9-5-4-8-14(15)19/h3-10,12,20H,2,11H2,1H3. The fraction of sp³-hybridized carbons (Fsp3) is 0.167. The van der Waals surface area contributed by atoms with Crippen molar-refractivity contribution < 1.29 is 4.39 Å². The molecule has 0 aliphatic carbocycles. The van der Waals surface area contributed by atoms with E-state index in [4.69, 9.17) is 0 Å². The fourth-order valence-corrected chi connectivity index (χ4v) is 2.60. The van der Waals surface area contributed by atoms with Crippen LogP contribution in [-0.4, -0.2) is 4.57 Å². The Bertz CT molecular complexity index is 870. The summed E-state index contributed by atoms with van der Waals surface area (Å²) in [4.78, 5) is 12.3. The summed E-state index contributed by atoms with van der Waals surface area (Å²) in [5.41, 5.74) is 1.76. The van der Waals surface area contributed by atoms with Gasteiger partial charge in [-0.3, -0.25) is 4.79 Å². The number of hydrogen-bond donors (Lipinski definition) is 1. The van der Waals surface area contributed by atoms with Crippen molar-refractivity contribution in [2.24, 2.45) is 0 Å². The van der Waals surface area contributed by atoms with E-state index in [0.29, 0.717) is 17.9 Å². The predicted molar refractivity (Wildman–Crippen MR) is 88.2 cm³/mol. The molecule has 0 bridgehead atoms. The minimum atomic E-state index is -0.343. The van der Waals surface area contributed by atoms with Gasteiger partial charge in [0, 0.05) is 18.0 Å². The zero-order valence-corrected chi connectivity index (χ0v) is 12.3. The first kappa shape index (κ1) is 14.3. The molecule has 3 aromatic rings. The first-order valence-corrected chi connectivity index (χ1v) is 7.35.